The Morgan fingerprint density at radius 3 is 2.42 bits per heavy atom. The predicted molar refractivity (Wildman–Crippen MR) is 133 cm³/mol. The minimum absolute atomic E-state index is 0.177. The van der Waals surface area contributed by atoms with Crippen molar-refractivity contribution in [1.29, 1.82) is 0 Å². The molecule has 1 fully saturated rings. The van der Waals surface area contributed by atoms with Gasteiger partial charge in [0.15, 0.2) is 0 Å². The van der Waals surface area contributed by atoms with Crippen LogP contribution in [0, 0.1) is 0 Å². The van der Waals surface area contributed by atoms with Crippen molar-refractivity contribution in [3.05, 3.63) is 65.7 Å². The zero-order chi connectivity index (χ0) is 26.1. The van der Waals surface area contributed by atoms with Gasteiger partial charge in [-0.15, -0.1) is 0 Å². The molecule has 1 atom stereocenters. The number of benzene rings is 2. The Morgan fingerprint density at radius 1 is 0.972 bits per heavy atom. The highest BCUT2D eigenvalue weighted by atomic mass is 16.6. The van der Waals surface area contributed by atoms with Crippen LogP contribution in [-0.4, -0.2) is 72.9 Å². The van der Waals surface area contributed by atoms with Crippen molar-refractivity contribution in [3.8, 4) is 5.75 Å². The van der Waals surface area contributed by atoms with Crippen LogP contribution >= 0.6 is 0 Å². The Hall–Kier alpha value is -3.75. The van der Waals surface area contributed by atoms with Crippen LogP contribution in [0.3, 0.4) is 0 Å². The van der Waals surface area contributed by atoms with Crippen molar-refractivity contribution in [2.75, 3.05) is 33.4 Å². The number of methoxy groups -OCH3 is 1. The summed E-state index contributed by atoms with van der Waals surface area (Å²) >= 11 is 0. The van der Waals surface area contributed by atoms with E-state index in [0.717, 1.165) is 5.56 Å². The molecular formula is C27H34N2O7. The highest BCUT2D eigenvalue weighted by Gasteiger charge is 2.35. The predicted octanol–water partition coefficient (Wildman–Crippen LogP) is 4.50. The van der Waals surface area contributed by atoms with Crippen LogP contribution in [-0.2, 0) is 20.8 Å². The van der Waals surface area contributed by atoms with Gasteiger partial charge >= 0.3 is 18.2 Å². The number of esters is 1. The average Bonchev–Trinajstić information content (AvgIpc) is 2.86. The zero-order valence-corrected chi connectivity index (χ0v) is 21.3. The first-order valence-corrected chi connectivity index (χ1v) is 11.9. The molecule has 2 amide bonds. The number of carbonyl (C=O) groups is 3. The van der Waals surface area contributed by atoms with Gasteiger partial charge in [-0.05, 0) is 44.5 Å². The molecule has 1 aliphatic heterocycles. The number of hydrogen-bond acceptors (Lipinski definition) is 7. The van der Waals surface area contributed by atoms with Gasteiger partial charge in [0, 0.05) is 26.1 Å². The van der Waals surface area contributed by atoms with Gasteiger partial charge in [-0.25, -0.2) is 14.4 Å². The number of rotatable bonds is 7. The summed E-state index contributed by atoms with van der Waals surface area (Å²) in [6.45, 7) is 6.83. The van der Waals surface area contributed by atoms with Crippen LogP contribution < -0.4 is 4.74 Å². The molecule has 9 heteroatoms. The molecule has 0 aliphatic carbocycles. The monoisotopic (exact) mass is 498 g/mol. The second-order valence-corrected chi connectivity index (χ2v) is 9.47. The summed E-state index contributed by atoms with van der Waals surface area (Å²) in [4.78, 5) is 40.6. The molecule has 1 heterocycles. The fourth-order valence-electron chi connectivity index (χ4n) is 3.78. The Labute approximate surface area is 211 Å². The molecule has 1 aliphatic rings. The molecule has 0 bridgehead atoms. The van der Waals surface area contributed by atoms with Gasteiger partial charge in [-0.3, -0.25) is 0 Å². The lowest BCUT2D eigenvalue weighted by Gasteiger charge is -2.41. The van der Waals surface area contributed by atoms with E-state index in [1.165, 1.54) is 7.11 Å². The molecule has 0 unspecified atom stereocenters. The SMILES string of the molecule is COC(=O)c1cccc(OCC[C@@H]2CN(C(=O)OCc3ccccc3)CCN2C(=O)OC(C)(C)C)c1. The maximum atomic E-state index is 12.9. The number of ether oxygens (including phenoxy) is 4. The Kier molecular flexibility index (Phi) is 9.16. The molecule has 0 aromatic heterocycles. The quantitative estimate of drug-likeness (QED) is 0.410. The molecule has 0 saturated carbocycles. The molecule has 9 nitrogen and oxygen atoms in total. The maximum absolute atomic E-state index is 12.9. The molecule has 194 valence electrons. The molecule has 3 rings (SSSR count). The highest BCUT2D eigenvalue weighted by Crippen LogP contribution is 2.20. The Morgan fingerprint density at radius 2 is 1.72 bits per heavy atom. The van der Waals surface area contributed by atoms with Gasteiger partial charge in [-0.1, -0.05) is 36.4 Å². The fraction of sp³-hybridized carbons (Fsp3) is 0.444. The number of hydrogen-bond donors (Lipinski definition) is 0. The van der Waals surface area contributed by atoms with E-state index in [4.69, 9.17) is 18.9 Å². The molecule has 1 saturated heterocycles. The van der Waals surface area contributed by atoms with Crippen molar-refractivity contribution in [3.63, 3.8) is 0 Å². The largest absolute Gasteiger partial charge is 0.493 e. The minimum Gasteiger partial charge on any atom is -0.493 e. The van der Waals surface area contributed by atoms with Gasteiger partial charge < -0.3 is 28.7 Å². The third kappa shape index (κ3) is 7.90. The number of nitrogens with zero attached hydrogens (tertiary/aromatic N) is 2. The van der Waals surface area contributed by atoms with Crippen molar-refractivity contribution in [2.45, 2.75) is 45.4 Å². The van der Waals surface area contributed by atoms with Crippen LogP contribution in [0.5, 0.6) is 5.75 Å². The van der Waals surface area contributed by atoms with E-state index in [2.05, 4.69) is 0 Å². The van der Waals surface area contributed by atoms with Gasteiger partial charge in [0.1, 0.15) is 18.0 Å². The number of amides is 2. The summed E-state index contributed by atoms with van der Waals surface area (Å²) in [5.41, 5.74) is 0.644. The maximum Gasteiger partial charge on any atom is 0.410 e. The first-order chi connectivity index (χ1) is 17.2. The van der Waals surface area contributed by atoms with Crippen LogP contribution in [0.2, 0.25) is 0 Å². The standard InChI is InChI=1S/C27H34N2O7/c1-27(2,3)36-26(32)29-15-14-28(25(31)35-19-20-9-6-5-7-10-20)18-22(29)13-16-34-23-12-8-11-21(17-23)24(30)33-4/h5-12,17,22H,13-16,18-19H2,1-4H3/t22-/m1/s1. The summed E-state index contributed by atoms with van der Waals surface area (Å²) in [6.07, 6.45) is -0.415. The molecule has 0 spiro atoms. The highest BCUT2D eigenvalue weighted by molar-refractivity contribution is 5.89. The number of piperazine rings is 1. The Bertz CT molecular complexity index is 1040. The van der Waals surface area contributed by atoms with Crippen molar-refractivity contribution < 1.29 is 33.3 Å². The van der Waals surface area contributed by atoms with Crippen LogP contribution in [0.15, 0.2) is 54.6 Å². The van der Waals surface area contributed by atoms with E-state index in [9.17, 15) is 14.4 Å². The van der Waals surface area contributed by atoms with Crippen molar-refractivity contribution in [1.82, 2.24) is 9.80 Å². The third-order valence-corrected chi connectivity index (χ3v) is 5.55. The van der Waals surface area contributed by atoms with Gasteiger partial charge in [0.05, 0.1) is 25.3 Å². The lowest BCUT2D eigenvalue weighted by Crippen LogP contribution is -2.57. The van der Waals surface area contributed by atoms with Crippen LogP contribution in [0.1, 0.15) is 43.1 Å². The molecule has 0 N–H and O–H groups in total. The smallest absolute Gasteiger partial charge is 0.410 e. The summed E-state index contributed by atoms with van der Waals surface area (Å²) in [5.74, 6) is 0.0603. The summed E-state index contributed by atoms with van der Waals surface area (Å²) < 4.78 is 21.7. The molecule has 2 aromatic carbocycles. The van der Waals surface area contributed by atoms with Crippen molar-refractivity contribution in [2.24, 2.45) is 0 Å². The first kappa shape index (κ1) is 26.8. The molecule has 36 heavy (non-hydrogen) atoms. The normalized spacial score (nSPS) is 15.7. The van der Waals surface area contributed by atoms with E-state index < -0.39 is 23.8 Å². The molecule has 2 aromatic rings. The first-order valence-electron chi connectivity index (χ1n) is 11.9. The summed E-state index contributed by atoms with van der Waals surface area (Å²) in [5, 5.41) is 0. The summed E-state index contributed by atoms with van der Waals surface area (Å²) in [6, 6.07) is 15.8. The van der Waals surface area contributed by atoms with E-state index in [1.54, 1.807) is 34.1 Å². The number of carbonyl (C=O) groups excluding carboxylic acids is 3. The van der Waals surface area contributed by atoms with Gasteiger partial charge in [-0.2, -0.15) is 0 Å². The van der Waals surface area contributed by atoms with E-state index in [-0.39, 0.29) is 19.3 Å². The second-order valence-electron chi connectivity index (χ2n) is 9.47. The van der Waals surface area contributed by atoms with Gasteiger partial charge in [0.2, 0.25) is 0 Å². The van der Waals surface area contributed by atoms with E-state index in [1.807, 2.05) is 51.1 Å². The minimum atomic E-state index is -0.641. The van der Waals surface area contributed by atoms with Crippen LogP contribution in [0.4, 0.5) is 9.59 Å². The lowest BCUT2D eigenvalue weighted by atomic mass is 10.1. The summed E-state index contributed by atoms with van der Waals surface area (Å²) in [7, 11) is 1.32. The van der Waals surface area contributed by atoms with E-state index in [0.29, 0.717) is 37.4 Å². The topological polar surface area (TPSA) is 94.6 Å². The average molecular weight is 499 g/mol. The fourth-order valence-corrected chi connectivity index (χ4v) is 3.78. The van der Waals surface area contributed by atoms with Crippen LogP contribution in [0.25, 0.3) is 0 Å². The Balaban J connectivity index is 1.63. The molecular weight excluding hydrogens is 464 g/mol. The third-order valence-electron chi connectivity index (χ3n) is 5.55. The van der Waals surface area contributed by atoms with Crippen molar-refractivity contribution >= 4 is 18.2 Å². The second kappa shape index (κ2) is 12.3. The molecule has 0 radical (unpaired) electrons. The van der Waals surface area contributed by atoms with Gasteiger partial charge in [0.25, 0.3) is 0 Å². The van der Waals surface area contributed by atoms with E-state index >= 15 is 0 Å². The lowest BCUT2D eigenvalue weighted by molar-refractivity contribution is -0.00615. The zero-order valence-electron chi connectivity index (χ0n) is 21.3.